The van der Waals surface area contributed by atoms with Gasteiger partial charge in [0.15, 0.2) is 0 Å². The van der Waals surface area contributed by atoms with Crippen molar-refractivity contribution in [3.8, 4) is 11.5 Å². The third-order valence-electron chi connectivity index (χ3n) is 6.01. The number of benzene rings is 4. The van der Waals surface area contributed by atoms with Crippen molar-refractivity contribution < 1.29 is 26.7 Å². The first-order chi connectivity index (χ1) is 17.5. The Balaban J connectivity index is 0.00000380. The van der Waals surface area contributed by atoms with Crippen LogP contribution in [0.25, 0.3) is 0 Å². The van der Waals surface area contributed by atoms with Crippen molar-refractivity contribution in [2.45, 2.75) is 26.7 Å². The Hall–Kier alpha value is -3.69. The summed E-state index contributed by atoms with van der Waals surface area (Å²) in [6, 6.07) is 31.2. The molecule has 4 nitrogen and oxygen atoms in total. The number of aromatic hydroxyl groups is 2. The van der Waals surface area contributed by atoms with Crippen molar-refractivity contribution in [3.63, 3.8) is 0 Å². The van der Waals surface area contributed by atoms with Gasteiger partial charge in [0, 0.05) is 51.8 Å². The minimum absolute atomic E-state index is 0. The molecule has 0 aliphatic heterocycles. The first-order valence-corrected chi connectivity index (χ1v) is 12.3. The average Bonchev–Trinajstić information content (AvgIpc) is 2.90. The smallest absolute Gasteiger partial charge is 0.124 e. The van der Waals surface area contributed by atoms with Gasteiger partial charge in [-0.1, -0.05) is 83.9 Å². The van der Waals surface area contributed by atoms with E-state index in [9.17, 15) is 10.2 Å². The molecule has 192 valence electrons. The second-order valence-electron chi connectivity index (χ2n) is 8.94. The fraction of sp³-hybridized carbons (Fsp3) is 0.188. The summed E-state index contributed by atoms with van der Waals surface area (Å²) in [6.45, 7) is 5.28. The van der Waals surface area contributed by atoms with Gasteiger partial charge in [0.2, 0.25) is 0 Å². The van der Waals surface area contributed by atoms with E-state index in [0.717, 1.165) is 57.6 Å². The van der Waals surface area contributed by atoms with Crippen LogP contribution in [0.4, 0.5) is 0 Å². The predicted molar refractivity (Wildman–Crippen MR) is 149 cm³/mol. The van der Waals surface area contributed by atoms with Crippen LogP contribution in [0.3, 0.4) is 0 Å². The maximum Gasteiger partial charge on any atom is 0.124 e. The monoisotopic (exact) mass is 534 g/mol. The normalized spacial score (nSPS) is 11.7. The number of unbranched alkanes of at least 4 members (excludes halogenated alkanes) is 1. The van der Waals surface area contributed by atoms with Gasteiger partial charge in [0.1, 0.15) is 11.5 Å². The van der Waals surface area contributed by atoms with E-state index < -0.39 is 0 Å². The Labute approximate surface area is 229 Å². The van der Waals surface area contributed by atoms with Crippen molar-refractivity contribution in [3.05, 3.63) is 130 Å². The van der Waals surface area contributed by atoms with Gasteiger partial charge in [-0.2, -0.15) is 0 Å². The molecule has 37 heavy (non-hydrogen) atoms. The maximum atomic E-state index is 10.5. The minimum atomic E-state index is 0. The Bertz CT molecular complexity index is 1260. The van der Waals surface area contributed by atoms with Crippen LogP contribution in [0.15, 0.2) is 107 Å². The third kappa shape index (κ3) is 7.41. The van der Waals surface area contributed by atoms with Crippen molar-refractivity contribution in [1.82, 2.24) is 0 Å². The molecular weight excluding hydrogens is 503 g/mol. The van der Waals surface area contributed by atoms with E-state index in [0.29, 0.717) is 13.1 Å². The van der Waals surface area contributed by atoms with Gasteiger partial charge in [-0.3, -0.25) is 9.98 Å². The number of nitrogens with zero attached hydrogens (tertiary/aromatic N) is 2. The zero-order chi connectivity index (χ0) is 25.3. The zero-order valence-corrected chi connectivity index (χ0v) is 22.2. The summed E-state index contributed by atoms with van der Waals surface area (Å²) in [5.74, 6) is 0.469. The topological polar surface area (TPSA) is 65.2 Å². The van der Waals surface area contributed by atoms with Crippen LogP contribution in [0.5, 0.6) is 11.5 Å². The second kappa shape index (κ2) is 13.6. The van der Waals surface area contributed by atoms with Crippen molar-refractivity contribution >= 4 is 11.4 Å². The van der Waals surface area contributed by atoms with Crippen LogP contribution in [-0.4, -0.2) is 34.7 Å². The summed E-state index contributed by atoms with van der Waals surface area (Å²) in [6.07, 6.45) is 1.71. The molecule has 0 spiro atoms. The molecule has 4 aromatic carbocycles. The SMILES string of the molecule is Cc1ccc(O)c(C(=NCCCCN=C(c2ccccc2)c2cc(C)ccc2O)c2ccccc2)c1.[Ni]. The fourth-order valence-corrected chi connectivity index (χ4v) is 4.14. The largest absolute Gasteiger partial charge is 0.507 e. The number of hydrogen-bond acceptors (Lipinski definition) is 4. The molecule has 0 aromatic heterocycles. The molecule has 0 atom stereocenters. The standard InChI is InChI=1S/C32H32N2O2.Ni/c1-23-15-17-29(35)27(21-23)31(25-11-5-3-6-12-25)33-19-9-10-20-34-32(26-13-7-4-8-14-26)28-22-24(2)16-18-30(28)36;/h3-8,11-18,21-22,35-36H,9-10,19-20H2,1-2H3;. The quantitative estimate of drug-likeness (QED) is 0.140. The number of rotatable bonds is 9. The molecule has 0 saturated heterocycles. The predicted octanol–water partition coefficient (Wildman–Crippen LogP) is 6.87. The Morgan fingerprint density at radius 2 is 0.946 bits per heavy atom. The zero-order valence-electron chi connectivity index (χ0n) is 21.2. The maximum absolute atomic E-state index is 10.5. The Kier molecular flexibility index (Phi) is 10.2. The Morgan fingerprint density at radius 3 is 1.32 bits per heavy atom. The summed E-state index contributed by atoms with van der Waals surface area (Å²) in [7, 11) is 0. The Morgan fingerprint density at radius 1 is 0.568 bits per heavy atom. The van der Waals surface area contributed by atoms with E-state index >= 15 is 0 Å². The molecular formula is C32H32N2NiO2. The van der Waals surface area contributed by atoms with Gasteiger partial charge in [-0.05, 0) is 51.0 Å². The van der Waals surface area contributed by atoms with E-state index in [2.05, 4.69) is 0 Å². The number of aryl methyl sites for hydroxylation is 2. The molecule has 4 aromatic rings. The summed E-state index contributed by atoms with van der Waals surface area (Å²) < 4.78 is 0. The van der Waals surface area contributed by atoms with Crippen LogP contribution in [0.1, 0.15) is 46.2 Å². The van der Waals surface area contributed by atoms with Gasteiger partial charge < -0.3 is 10.2 Å². The molecule has 0 radical (unpaired) electrons. The number of aliphatic imine (C=N–C) groups is 2. The second-order valence-corrected chi connectivity index (χ2v) is 8.94. The van der Waals surface area contributed by atoms with Crippen LogP contribution in [0.2, 0.25) is 0 Å². The third-order valence-corrected chi connectivity index (χ3v) is 6.01. The van der Waals surface area contributed by atoms with E-state index in [-0.39, 0.29) is 28.0 Å². The first kappa shape index (κ1) is 27.9. The van der Waals surface area contributed by atoms with E-state index in [1.807, 2.05) is 98.8 Å². The summed E-state index contributed by atoms with van der Waals surface area (Å²) in [5.41, 5.74) is 7.23. The van der Waals surface area contributed by atoms with Gasteiger partial charge in [0.25, 0.3) is 0 Å². The van der Waals surface area contributed by atoms with Gasteiger partial charge in [-0.15, -0.1) is 0 Å². The fourth-order valence-electron chi connectivity index (χ4n) is 4.14. The first-order valence-electron chi connectivity index (χ1n) is 12.3. The molecule has 0 aliphatic rings. The van der Waals surface area contributed by atoms with Crippen LogP contribution in [-0.2, 0) is 16.5 Å². The van der Waals surface area contributed by atoms with E-state index in [4.69, 9.17) is 9.98 Å². The summed E-state index contributed by atoms with van der Waals surface area (Å²) >= 11 is 0. The molecule has 0 bridgehead atoms. The van der Waals surface area contributed by atoms with Crippen molar-refractivity contribution in [2.75, 3.05) is 13.1 Å². The molecule has 0 unspecified atom stereocenters. The summed E-state index contributed by atoms with van der Waals surface area (Å²) in [5, 5.41) is 21.0. The van der Waals surface area contributed by atoms with Gasteiger partial charge in [0.05, 0.1) is 11.4 Å². The van der Waals surface area contributed by atoms with Crippen molar-refractivity contribution in [2.24, 2.45) is 9.98 Å². The molecule has 0 heterocycles. The average molecular weight is 535 g/mol. The number of hydrogen-bond donors (Lipinski definition) is 2. The molecule has 4 rings (SSSR count). The van der Waals surface area contributed by atoms with Gasteiger partial charge >= 0.3 is 0 Å². The number of phenols is 2. The van der Waals surface area contributed by atoms with E-state index in [1.165, 1.54) is 0 Å². The van der Waals surface area contributed by atoms with Crippen LogP contribution >= 0.6 is 0 Å². The number of phenolic OH excluding ortho intramolecular Hbond substituents is 2. The van der Waals surface area contributed by atoms with Crippen molar-refractivity contribution in [1.29, 1.82) is 0 Å². The molecule has 2 N–H and O–H groups in total. The summed E-state index contributed by atoms with van der Waals surface area (Å²) in [4.78, 5) is 9.79. The van der Waals surface area contributed by atoms with Crippen LogP contribution in [0, 0.1) is 13.8 Å². The molecule has 0 fully saturated rings. The van der Waals surface area contributed by atoms with E-state index in [1.54, 1.807) is 12.1 Å². The molecule has 0 aliphatic carbocycles. The molecule has 0 amide bonds. The van der Waals surface area contributed by atoms with Crippen LogP contribution < -0.4 is 0 Å². The van der Waals surface area contributed by atoms with Gasteiger partial charge in [-0.25, -0.2) is 0 Å². The minimum Gasteiger partial charge on any atom is -0.507 e. The molecule has 0 saturated carbocycles. The molecule has 5 heteroatoms.